The molecule has 0 spiro atoms. The Labute approximate surface area is 158 Å². The normalized spacial score (nSPS) is 22.0. The lowest BCUT2D eigenvalue weighted by molar-refractivity contribution is 0.0238. The summed E-state index contributed by atoms with van der Waals surface area (Å²) >= 11 is 6.21. The van der Waals surface area contributed by atoms with E-state index >= 15 is 0 Å². The third-order valence-electron chi connectivity index (χ3n) is 5.79. The SMILES string of the molecule is Nc1c(Cl)cc(C(=O)NC2CCN(C3CCOCC3)CC2)c2c1CCO2. The van der Waals surface area contributed by atoms with Crippen molar-refractivity contribution >= 4 is 23.2 Å². The number of nitrogens with zero attached hydrogens (tertiary/aromatic N) is 1. The lowest BCUT2D eigenvalue weighted by Gasteiger charge is -2.39. The first-order valence-corrected chi connectivity index (χ1v) is 9.87. The highest BCUT2D eigenvalue weighted by Crippen LogP contribution is 2.38. The molecule has 6 nitrogen and oxygen atoms in total. The maximum absolute atomic E-state index is 12.8. The third-order valence-corrected chi connectivity index (χ3v) is 6.10. The van der Waals surface area contributed by atoms with Gasteiger partial charge in [-0.25, -0.2) is 0 Å². The molecular weight excluding hydrogens is 354 g/mol. The fourth-order valence-electron chi connectivity index (χ4n) is 4.26. The number of likely N-dealkylation sites (tertiary alicyclic amines) is 1. The van der Waals surface area contributed by atoms with E-state index < -0.39 is 0 Å². The summed E-state index contributed by atoms with van der Waals surface area (Å²) in [5.41, 5.74) is 7.91. The summed E-state index contributed by atoms with van der Waals surface area (Å²) in [5, 5.41) is 3.59. The second-order valence-corrected chi connectivity index (χ2v) is 7.76. The Bertz CT molecular complexity index is 683. The van der Waals surface area contributed by atoms with Crippen LogP contribution in [0, 0.1) is 0 Å². The number of hydrogen-bond donors (Lipinski definition) is 2. The monoisotopic (exact) mass is 379 g/mol. The van der Waals surface area contributed by atoms with Crippen molar-refractivity contribution < 1.29 is 14.3 Å². The number of halogens is 1. The number of amides is 1. The van der Waals surface area contributed by atoms with Gasteiger partial charge >= 0.3 is 0 Å². The zero-order valence-corrected chi connectivity index (χ0v) is 15.7. The fraction of sp³-hybridized carbons (Fsp3) is 0.632. The van der Waals surface area contributed by atoms with Gasteiger partial charge in [0.2, 0.25) is 0 Å². The van der Waals surface area contributed by atoms with E-state index in [1.807, 2.05) is 0 Å². The van der Waals surface area contributed by atoms with Gasteiger partial charge in [0.05, 0.1) is 22.9 Å². The van der Waals surface area contributed by atoms with E-state index in [9.17, 15) is 4.79 Å². The summed E-state index contributed by atoms with van der Waals surface area (Å²) in [7, 11) is 0. The van der Waals surface area contributed by atoms with Gasteiger partial charge in [-0.15, -0.1) is 0 Å². The van der Waals surface area contributed by atoms with E-state index in [4.69, 9.17) is 26.8 Å². The van der Waals surface area contributed by atoms with E-state index in [0.29, 0.717) is 41.1 Å². The van der Waals surface area contributed by atoms with Crippen LogP contribution in [0.25, 0.3) is 0 Å². The minimum absolute atomic E-state index is 0.116. The first-order valence-electron chi connectivity index (χ1n) is 9.50. The maximum atomic E-state index is 12.8. The second-order valence-electron chi connectivity index (χ2n) is 7.35. The van der Waals surface area contributed by atoms with E-state index in [1.54, 1.807) is 6.07 Å². The molecule has 3 heterocycles. The van der Waals surface area contributed by atoms with Crippen molar-refractivity contribution in [2.45, 2.75) is 44.2 Å². The smallest absolute Gasteiger partial charge is 0.255 e. The van der Waals surface area contributed by atoms with Gasteiger partial charge in [-0.1, -0.05) is 11.6 Å². The standard InChI is InChI=1S/C19H26ClN3O3/c20-16-11-15(18-14(17(16)21)5-10-26-18)19(24)22-12-1-6-23(7-2-12)13-3-8-25-9-4-13/h11-13H,1-10,21H2,(H,22,24). The molecule has 0 unspecified atom stereocenters. The number of benzene rings is 1. The highest BCUT2D eigenvalue weighted by atomic mass is 35.5. The summed E-state index contributed by atoms with van der Waals surface area (Å²) in [6.45, 7) is 4.32. The Morgan fingerprint density at radius 2 is 1.92 bits per heavy atom. The first-order chi connectivity index (χ1) is 12.6. The maximum Gasteiger partial charge on any atom is 0.255 e. The Morgan fingerprint density at radius 1 is 1.19 bits per heavy atom. The zero-order valence-electron chi connectivity index (χ0n) is 14.9. The van der Waals surface area contributed by atoms with Gasteiger partial charge in [0.15, 0.2) is 0 Å². The summed E-state index contributed by atoms with van der Waals surface area (Å²) in [6.07, 6.45) is 4.87. The molecule has 2 fully saturated rings. The van der Waals surface area contributed by atoms with Gasteiger partial charge in [0, 0.05) is 50.4 Å². The molecule has 0 aliphatic carbocycles. The number of piperidine rings is 1. The summed E-state index contributed by atoms with van der Waals surface area (Å²) in [6, 6.07) is 2.45. The van der Waals surface area contributed by atoms with E-state index in [1.165, 1.54) is 0 Å². The summed E-state index contributed by atoms with van der Waals surface area (Å²) in [5.74, 6) is 0.485. The Hall–Kier alpha value is -1.50. The number of carbonyl (C=O) groups excluding carboxylic acids is 1. The lowest BCUT2D eigenvalue weighted by Crippen LogP contribution is -2.49. The van der Waals surface area contributed by atoms with Gasteiger partial charge in [-0.3, -0.25) is 4.79 Å². The number of nitrogen functional groups attached to an aromatic ring is 1. The molecule has 1 aromatic rings. The Kier molecular flexibility index (Phi) is 5.25. The number of fused-ring (bicyclic) bond motifs is 1. The largest absolute Gasteiger partial charge is 0.492 e. The molecule has 0 atom stereocenters. The van der Waals surface area contributed by atoms with E-state index in [0.717, 1.165) is 57.6 Å². The number of nitrogens with two attached hydrogens (primary N) is 1. The molecule has 142 valence electrons. The molecule has 4 rings (SSSR count). The van der Waals surface area contributed by atoms with E-state index in [2.05, 4.69) is 10.2 Å². The van der Waals surface area contributed by atoms with Crippen LogP contribution in [-0.4, -0.2) is 55.8 Å². The number of hydrogen-bond acceptors (Lipinski definition) is 5. The van der Waals surface area contributed by atoms with Crippen molar-refractivity contribution in [1.29, 1.82) is 0 Å². The van der Waals surface area contributed by atoms with Crippen LogP contribution in [0.2, 0.25) is 5.02 Å². The van der Waals surface area contributed by atoms with Crippen LogP contribution in [0.4, 0.5) is 5.69 Å². The predicted molar refractivity (Wildman–Crippen MR) is 101 cm³/mol. The molecule has 0 saturated carbocycles. The molecule has 2 saturated heterocycles. The molecule has 1 amide bonds. The van der Waals surface area contributed by atoms with Gasteiger partial charge in [0.25, 0.3) is 5.91 Å². The minimum atomic E-state index is -0.116. The molecule has 0 bridgehead atoms. The fourth-order valence-corrected chi connectivity index (χ4v) is 4.48. The van der Waals surface area contributed by atoms with E-state index in [-0.39, 0.29) is 11.9 Å². The predicted octanol–water partition coefficient (Wildman–Crippen LogP) is 2.23. The number of anilines is 1. The summed E-state index contributed by atoms with van der Waals surface area (Å²) in [4.78, 5) is 15.3. The molecule has 3 aliphatic rings. The molecule has 3 aliphatic heterocycles. The van der Waals surface area contributed by atoms with Crippen molar-refractivity contribution in [3.05, 3.63) is 22.2 Å². The highest BCUT2D eigenvalue weighted by molar-refractivity contribution is 6.33. The van der Waals surface area contributed by atoms with Crippen LogP contribution >= 0.6 is 11.6 Å². The number of ether oxygens (including phenoxy) is 2. The van der Waals surface area contributed by atoms with Crippen molar-refractivity contribution in [3.63, 3.8) is 0 Å². The summed E-state index contributed by atoms with van der Waals surface area (Å²) < 4.78 is 11.1. The number of rotatable bonds is 3. The minimum Gasteiger partial charge on any atom is -0.492 e. The van der Waals surface area contributed by atoms with Crippen LogP contribution in [-0.2, 0) is 11.2 Å². The number of nitrogens with one attached hydrogen (secondary N) is 1. The number of carbonyl (C=O) groups is 1. The van der Waals surface area contributed by atoms with Crippen molar-refractivity contribution in [2.24, 2.45) is 0 Å². The molecule has 26 heavy (non-hydrogen) atoms. The average Bonchev–Trinajstić information content (AvgIpc) is 3.16. The van der Waals surface area contributed by atoms with Gasteiger partial charge in [0.1, 0.15) is 5.75 Å². The molecule has 3 N–H and O–H groups in total. The Morgan fingerprint density at radius 3 is 2.65 bits per heavy atom. The molecule has 7 heteroatoms. The van der Waals surface area contributed by atoms with Crippen LogP contribution in [0.3, 0.4) is 0 Å². The first kappa shape index (κ1) is 17.9. The average molecular weight is 380 g/mol. The van der Waals surface area contributed by atoms with Crippen LogP contribution in [0.1, 0.15) is 41.6 Å². The van der Waals surface area contributed by atoms with Crippen LogP contribution in [0.5, 0.6) is 5.75 Å². The third kappa shape index (κ3) is 3.50. The topological polar surface area (TPSA) is 76.8 Å². The van der Waals surface area contributed by atoms with Crippen LogP contribution in [0.15, 0.2) is 6.07 Å². The molecule has 0 aromatic heterocycles. The van der Waals surface area contributed by atoms with Crippen molar-refractivity contribution in [3.8, 4) is 5.75 Å². The quantitative estimate of drug-likeness (QED) is 0.787. The molecular formula is C19H26ClN3O3. The Balaban J connectivity index is 1.38. The van der Waals surface area contributed by atoms with Gasteiger partial charge < -0.3 is 25.4 Å². The molecule has 0 radical (unpaired) electrons. The zero-order chi connectivity index (χ0) is 18.1. The highest BCUT2D eigenvalue weighted by Gasteiger charge is 2.29. The molecule has 1 aromatic carbocycles. The van der Waals surface area contributed by atoms with Crippen LogP contribution < -0.4 is 15.8 Å². The second kappa shape index (κ2) is 7.62. The van der Waals surface area contributed by atoms with Crippen molar-refractivity contribution in [2.75, 3.05) is 38.6 Å². The van der Waals surface area contributed by atoms with Gasteiger partial charge in [-0.2, -0.15) is 0 Å². The van der Waals surface area contributed by atoms with Gasteiger partial charge in [-0.05, 0) is 31.7 Å². The van der Waals surface area contributed by atoms with Crippen molar-refractivity contribution in [1.82, 2.24) is 10.2 Å². The lowest BCUT2D eigenvalue weighted by atomic mass is 9.99.